The van der Waals surface area contributed by atoms with Gasteiger partial charge in [-0.2, -0.15) is 0 Å². The molecule has 3 nitrogen and oxygen atoms in total. The molecule has 0 aliphatic heterocycles. The summed E-state index contributed by atoms with van der Waals surface area (Å²) < 4.78 is 2.16. The van der Waals surface area contributed by atoms with Crippen LogP contribution in [0.25, 0.3) is 5.69 Å². The van der Waals surface area contributed by atoms with Crippen LogP contribution < -0.4 is 5.56 Å². The van der Waals surface area contributed by atoms with E-state index in [1.54, 1.807) is 10.7 Å². The molecule has 2 aromatic rings. The van der Waals surface area contributed by atoms with Crippen LogP contribution in [-0.2, 0) is 0 Å². The number of rotatable bonds is 1. The summed E-state index contributed by atoms with van der Waals surface area (Å²) >= 11 is 5.09. The van der Waals surface area contributed by atoms with Crippen LogP contribution in [-0.4, -0.2) is 9.78 Å². The van der Waals surface area contributed by atoms with Crippen molar-refractivity contribution in [3.63, 3.8) is 0 Å². The number of nitrogens with one attached hydrogen (secondary N) is 1. The molecule has 0 aliphatic rings. The smallest absolute Gasteiger partial charge is 0.262 e. The van der Waals surface area contributed by atoms with Gasteiger partial charge in [0.2, 0.25) is 0 Å². The van der Waals surface area contributed by atoms with Crippen LogP contribution in [0.1, 0.15) is 0 Å². The highest BCUT2D eigenvalue weighted by Crippen LogP contribution is 2.03. The molecule has 2 rings (SSSR count). The maximum Gasteiger partial charge on any atom is 0.262 e. The Morgan fingerprint density at radius 2 is 1.79 bits per heavy atom. The number of nitrogens with zero attached hydrogens (tertiary/aromatic N) is 1. The number of hydrogen-bond acceptors (Lipinski definition) is 2. The summed E-state index contributed by atoms with van der Waals surface area (Å²) in [5.41, 5.74) is 0.692. The van der Waals surface area contributed by atoms with Crippen molar-refractivity contribution < 1.29 is 0 Å². The summed E-state index contributed by atoms with van der Waals surface area (Å²) in [7, 11) is 0. The fourth-order valence-electron chi connectivity index (χ4n) is 1.19. The minimum Gasteiger partial charge on any atom is -0.268 e. The monoisotopic (exact) mass is 204 g/mol. The molecule has 1 N–H and O–H groups in total. The third kappa shape index (κ3) is 1.65. The maximum atomic E-state index is 11.1. The Morgan fingerprint density at radius 1 is 1.07 bits per heavy atom. The first-order valence-electron chi connectivity index (χ1n) is 4.15. The van der Waals surface area contributed by atoms with Gasteiger partial charge in [-0.15, -0.1) is 0 Å². The van der Waals surface area contributed by atoms with E-state index in [4.69, 9.17) is 12.2 Å². The standard InChI is InChI=1S/C10H8N2OS/c13-9-6-7-10(14)12(11-9)8-4-2-1-3-5-8/h1-7H,(H,11,13). The van der Waals surface area contributed by atoms with Crippen molar-refractivity contribution in [1.82, 2.24) is 9.78 Å². The average molecular weight is 204 g/mol. The predicted molar refractivity (Wildman–Crippen MR) is 57.2 cm³/mol. The summed E-state index contributed by atoms with van der Waals surface area (Å²) in [4.78, 5) is 11.1. The van der Waals surface area contributed by atoms with Gasteiger partial charge in [0, 0.05) is 6.07 Å². The quantitative estimate of drug-likeness (QED) is 0.720. The molecule has 0 spiro atoms. The van der Waals surface area contributed by atoms with E-state index in [0.717, 1.165) is 5.69 Å². The van der Waals surface area contributed by atoms with Gasteiger partial charge in [-0.25, -0.2) is 4.68 Å². The Labute approximate surface area is 85.6 Å². The third-order valence-electron chi connectivity index (χ3n) is 1.83. The number of H-pyrrole nitrogens is 1. The lowest BCUT2D eigenvalue weighted by Gasteiger charge is -2.04. The van der Waals surface area contributed by atoms with Crippen LogP contribution in [0.2, 0.25) is 0 Å². The first-order valence-corrected chi connectivity index (χ1v) is 4.56. The summed E-state index contributed by atoms with van der Waals surface area (Å²) in [5, 5.41) is 2.65. The first-order chi connectivity index (χ1) is 6.77. The lowest BCUT2D eigenvalue weighted by molar-refractivity contribution is 0.806. The molecule has 0 amide bonds. The van der Waals surface area contributed by atoms with Crippen LogP contribution in [0.3, 0.4) is 0 Å². The molecule has 1 aromatic carbocycles. The largest absolute Gasteiger partial charge is 0.268 e. The minimum absolute atomic E-state index is 0.164. The molecular formula is C10H8N2OS. The SMILES string of the molecule is O=c1ccc(=S)n(-c2ccccc2)[nH]1. The lowest BCUT2D eigenvalue weighted by Crippen LogP contribution is -2.13. The van der Waals surface area contributed by atoms with Crippen LogP contribution in [0.5, 0.6) is 0 Å². The molecule has 0 aliphatic carbocycles. The minimum atomic E-state index is -0.164. The summed E-state index contributed by atoms with van der Waals surface area (Å²) in [6.45, 7) is 0. The van der Waals surface area contributed by atoms with Crippen molar-refractivity contribution in [2.45, 2.75) is 0 Å². The zero-order valence-corrected chi connectivity index (χ0v) is 8.12. The molecule has 1 aromatic heterocycles. The summed E-state index contributed by atoms with van der Waals surface area (Å²) in [5.74, 6) is 0. The van der Waals surface area contributed by atoms with Crippen molar-refractivity contribution in [2.24, 2.45) is 0 Å². The molecule has 0 atom stereocenters. The van der Waals surface area contributed by atoms with E-state index in [1.165, 1.54) is 6.07 Å². The zero-order valence-electron chi connectivity index (χ0n) is 7.31. The van der Waals surface area contributed by atoms with Gasteiger partial charge in [-0.3, -0.25) is 9.89 Å². The second kappa shape index (κ2) is 3.59. The number of benzene rings is 1. The molecule has 0 saturated heterocycles. The second-order valence-corrected chi connectivity index (χ2v) is 3.24. The van der Waals surface area contributed by atoms with E-state index in [-0.39, 0.29) is 5.56 Å². The Balaban J connectivity index is 2.69. The van der Waals surface area contributed by atoms with Crippen molar-refractivity contribution in [3.8, 4) is 5.69 Å². The van der Waals surface area contributed by atoms with E-state index in [2.05, 4.69) is 5.10 Å². The highest BCUT2D eigenvalue weighted by atomic mass is 32.1. The van der Waals surface area contributed by atoms with Crippen LogP contribution in [0.15, 0.2) is 47.3 Å². The Kier molecular flexibility index (Phi) is 2.28. The fraction of sp³-hybridized carbons (Fsp3) is 0. The molecule has 0 fully saturated rings. The van der Waals surface area contributed by atoms with E-state index in [0.29, 0.717) is 4.64 Å². The molecule has 0 radical (unpaired) electrons. The first kappa shape index (κ1) is 8.90. The highest BCUT2D eigenvalue weighted by molar-refractivity contribution is 7.71. The second-order valence-electron chi connectivity index (χ2n) is 2.82. The molecule has 14 heavy (non-hydrogen) atoms. The van der Waals surface area contributed by atoms with Gasteiger partial charge >= 0.3 is 0 Å². The fourth-order valence-corrected chi connectivity index (χ4v) is 1.41. The Bertz CT molecular complexity index is 542. The molecule has 70 valence electrons. The summed E-state index contributed by atoms with van der Waals surface area (Å²) in [6.07, 6.45) is 0. The van der Waals surface area contributed by atoms with Gasteiger partial charge in [-0.05, 0) is 18.2 Å². The molecule has 0 saturated carbocycles. The molecule has 4 heteroatoms. The van der Waals surface area contributed by atoms with Crippen LogP contribution in [0, 0.1) is 4.64 Å². The van der Waals surface area contributed by atoms with Crippen molar-refractivity contribution in [3.05, 3.63) is 57.5 Å². The zero-order chi connectivity index (χ0) is 9.97. The topological polar surface area (TPSA) is 37.8 Å². The van der Waals surface area contributed by atoms with Gasteiger partial charge < -0.3 is 0 Å². The van der Waals surface area contributed by atoms with Gasteiger partial charge in [-0.1, -0.05) is 30.4 Å². The molecule has 1 heterocycles. The van der Waals surface area contributed by atoms with E-state index >= 15 is 0 Å². The van der Waals surface area contributed by atoms with Gasteiger partial charge in [0.15, 0.2) is 0 Å². The van der Waals surface area contributed by atoms with Crippen molar-refractivity contribution >= 4 is 12.2 Å². The van der Waals surface area contributed by atoms with Crippen LogP contribution in [0.4, 0.5) is 0 Å². The predicted octanol–water partition coefficient (Wildman–Crippen LogP) is 1.90. The Hall–Kier alpha value is -1.68. The maximum absolute atomic E-state index is 11.1. The average Bonchev–Trinajstić information content (AvgIpc) is 2.23. The number of aromatic amines is 1. The number of aromatic nitrogens is 2. The van der Waals surface area contributed by atoms with Crippen molar-refractivity contribution in [1.29, 1.82) is 0 Å². The van der Waals surface area contributed by atoms with Gasteiger partial charge in [0.25, 0.3) is 5.56 Å². The van der Waals surface area contributed by atoms with Crippen molar-refractivity contribution in [2.75, 3.05) is 0 Å². The molecule has 0 bridgehead atoms. The highest BCUT2D eigenvalue weighted by Gasteiger charge is 1.95. The Morgan fingerprint density at radius 3 is 2.50 bits per heavy atom. The van der Waals surface area contributed by atoms with E-state index in [1.807, 2.05) is 30.3 Å². The van der Waals surface area contributed by atoms with Gasteiger partial charge in [0.1, 0.15) is 4.64 Å². The summed E-state index contributed by atoms with van der Waals surface area (Å²) in [6, 6.07) is 12.5. The third-order valence-corrected chi connectivity index (χ3v) is 2.15. The normalized spacial score (nSPS) is 10.0. The van der Waals surface area contributed by atoms with Crippen LogP contribution >= 0.6 is 12.2 Å². The van der Waals surface area contributed by atoms with E-state index in [9.17, 15) is 4.79 Å². The number of hydrogen-bond donors (Lipinski definition) is 1. The molecule has 0 unspecified atom stereocenters. The lowest BCUT2D eigenvalue weighted by atomic mass is 10.3. The van der Waals surface area contributed by atoms with Gasteiger partial charge in [0.05, 0.1) is 5.69 Å². The van der Waals surface area contributed by atoms with E-state index < -0.39 is 0 Å². The number of para-hydroxylation sites is 1. The molecular weight excluding hydrogens is 196 g/mol.